The lowest BCUT2D eigenvalue weighted by molar-refractivity contribution is 1.66. The fourth-order valence-corrected chi connectivity index (χ4v) is 4.22. The Labute approximate surface area is 136 Å². The first-order valence-corrected chi connectivity index (χ1v) is 8.14. The van der Waals surface area contributed by atoms with E-state index < -0.39 is 0 Å². The van der Waals surface area contributed by atoms with Crippen molar-refractivity contribution in [1.82, 2.24) is 0 Å². The molecule has 1 heterocycles. The first-order valence-electron chi connectivity index (χ1n) is 6.94. The number of fused-ring (bicyclic) bond motifs is 3. The van der Waals surface area contributed by atoms with Crippen LogP contribution >= 0.6 is 22.9 Å². The van der Waals surface area contributed by atoms with Crippen molar-refractivity contribution in [3.05, 3.63) is 82.0 Å². The zero-order chi connectivity index (χ0) is 15.1. The third kappa shape index (κ3) is 2.12. The summed E-state index contributed by atoms with van der Waals surface area (Å²) in [6, 6.07) is 21.4. The molecule has 4 rings (SSSR count). The molecule has 0 aliphatic rings. The molecular weight excluding hydrogens is 312 g/mol. The predicted molar refractivity (Wildman–Crippen MR) is 96.0 cm³/mol. The van der Waals surface area contributed by atoms with Crippen LogP contribution < -0.4 is 5.43 Å². The van der Waals surface area contributed by atoms with Crippen LogP contribution in [0.25, 0.3) is 31.3 Å². The van der Waals surface area contributed by atoms with Gasteiger partial charge in [0, 0.05) is 31.6 Å². The van der Waals surface area contributed by atoms with Crippen LogP contribution in [0.3, 0.4) is 0 Å². The largest absolute Gasteiger partial charge is 0.289 e. The molecule has 106 valence electrons. The Bertz CT molecular complexity index is 1070. The monoisotopic (exact) mass is 322 g/mol. The van der Waals surface area contributed by atoms with Gasteiger partial charge in [0.15, 0.2) is 5.43 Å². The lowest BCUT2D eigenvalue weighted by Gasteiger charge is -2.07. The Hall–Kier alpha value is -2.16. The molecule has 0 bridgehead atoms. The quantitative estimate of drug-likeness (QED) is 0.409. The van der Waals surface area contributed by atoms with E-state index in [2.05, 4.69) is 12.1 Å². The SMILES string of the molecule is O=c1cc(-c2ccccc2Cl)sc2c1ccc1ccccc12. The second kappa shape index (κ2) is 5.24. The van der Waals surface area contributed by atoms with Crippen LogP contribution in [0.15, 0.2) is 71.5 Å². The van der Waals surface area contributed by atoms with Crippen molar-refractivity contribution < 1.29 is 0 Å². The lowest BCUT2D eigenvalue weighted by atomic mass is 10.1. The van der Waals surface area contributed by atoms with Crippen LogP contribution in [0.5, 0.6) is 0 Å². The Kier molecular flexibility index (Phi) is 3.21. The maximum absolute atomic E-state index is 12.5. The molecule has 0 aliphatic carbocycles. The summed E-state index contributed by atoms with van der Waals surface area (Å²) in [6.45, 7) is 0. The molecule has 22 heavy (non-hydrogen) atoms. The third-order valence-corrected chi connectivity index (χ3v) is 5.29. The van der Waals surface area contributed by atoms with Gasteiger partial charge in [0.25, 0.3) is 0 Å². The van der Waals surface area contributed by atoms with Gasteiger partial charge in [-0.25, -0.2) is 0 Å². The molecular formula is C19H11ClOS. The molecule has 0 aliphatic heterocycles. The molecule has 1 aromatic heterocycles. The summed E-state index contributed by atoms with van der Waals surface area (Å²) in [4.78, 5) is 13.4. The van der Waals surface area contributed by atoms with Crippen molar-refractivity contribution in [1.29, 1.82) is 0 Å². The average Bonchev–Trinajstić information content (AvgIpc) is 2.55. The number of halogens is 1. The number of rotatable bonds is 1. The first kappa shape index (κ1) is 13.5. The Balaban J connectivity index is 2.13. The molecule has 0 unspecified atom stereocenters. The van der Waals surface area contributed by atoms with Gasteiger partial charge in [-0.1, -0.05) is 60.1 Å². The summed E-state index contributed by atoms with van der Waals surface area (Å²) in [5.74, 6) is 0. The van der Waals surface area contributed by atoms with Gasteiger partial charge in [-0.2, -0.15) is 0 Å². The smallest absolute Gasteiger partial charge is 0.188 e. The topological polar surface area (TPSA) is 17.1 Å². The standard InChI is InChI=1S/C19H11ClOS/c20-16-8-4-3-7-14(16)18-11-17(21)15-10-9-12-5-1-2-6-13(12)19(15)22-18/h1-11H. The number of benzene rings is 3. The lowest BCUT2D eigenvalue weighted by Crippen LogP contribution is -1.99. The summed E-state index contributed by atoms with van der Waals surface area (Å²) in [5.41, 5.74) is 0.940. The summed E-state index contributed by atoms with van der Waals surface area (Å²) in [7, 11) is 0. The number of hydrogen-bond donors (Lipinski definition) is 0. The Morgan fingerprint density at radius 2 is 1.59 bits per heavy atom. The highest BCUT2D eigenvalue weighted by Crippen LogP contribution is 2.35. The van der Waals surface area contributed by atoms with Crippen molar-refractivity contribution in [2.24, 2.45) is 0 Å². The predicted octanol–water partition coefficient (Wildman–Crippen LogP) is 5.74. The van der Waals surface area contributed by atoms with Crippen molar-refractivity contribution in [3.63, 3.8) is 0 Å². The first-order chi connectivity index (χ1) is 10.7. The van der Waals surface area contributed by atoms with Gasteiger partial charge < -0.3 is 0 Å². The van der Waals surface area contributed by atoms with Crippen LogP contribution in [-0.4, -0.2) is 0 Å². The van der Waals surface area contributed by atoms with Crippen LogP contribution in [-0.2, 0) is 0 Å². The summed E-state index contributed by atoms with van der Waals surface area (Å²) >= 11 is 7.90. The summed E-state index contributed by atoms with van der Waals surface area (Å²) < 4.78 is 1.01. The zero-order valence-electron chi connectivity index (χ0n) is 11.5. The number of hydrogen-bond acceptors (Lipinski definition) is 2. The molecule has 0 amide bonds. The highest BCUT2D eigenvalue weighted by atomic mass is 35.5. The molecule has 0 spiro atoms. The molecule has 0 radical (unpaired) electrons. The van der Waals surface area contributed by atoms with Gasteiger partial charge in [0.05, 0.1) is 0 Å². The fraction of sp³-hybridized carbons (Fsp3) is 0. The van der Waals surface area contributed by atoms with E-state index in [4.69, 9.17) is 11.6 Å². The van der Waals surface area contributed by atoms with Gasteiger partial charge >= 0.3 is 0 Å². The molecule has 0 fully saturated rings. The second-order valence-corrected chi connectivity index (χ2v) is 6.58. The minimum Gasteiger partial charge on any atom is -0.289 e. The van der Waals surface area contributed by atoms with Crippen molar-refractivity contribution >= 4 is 43.8 Å². The molecule has 4 aromatic rings. The van der Waals surface area contributed by atoms with Crippen molar-refractivity contribution in [2.75, 3.05) is 0 Å². The van der Waals surface area contributed by atoms with Gasteiger partial charge in [-0.05, 0) is 22.9 Å². The normalized spacial score (nSPS) is 11.1. The second-order valence-electron chi connectivity index (χ2n) is 5.12. The van der Waals surface area contributed by atoms with E-state index >= 15 is 0 Å². The van der Waals surface area contributed by atoms with E-state index in [-0.39, 0.29) is 5.43 Å². The van der Waals surface area contributed by atoms with E-state index in [1.807, 2.05) is 48.5 Å². The van der Waals surface area contributed by atoms with Gasteiger partial charge in [-0.3, -0.25) is 4.79 Å². The highest BCUT2D eigenvalue weighted by Gasteiger charge is 2.10. The van der Waals surface area contributed by atoms with E-state index in [1.54, 1.807) is 17.4 Å². The molecule has 1 nitrogen and oxygen atoms in total. The van der Waals surface area contributed by atoms with Gasteiger partial charge in [-0.15, -0.1) is 11.3 Å². The summed E-state index contributed by atoms with van der Waals surface area (Å²) in [6.07, 6.45) is 0. The maximum Gasteiger partial charge on any atom is 0.188 e. The molecule has 0 N–H and O–H groups in total. The highest BCUT2D eigenvalue weighted by molar-refractivity contribution is 7.22. The van der Waals surface area contributed by atoms with E-state index in [1.165, 1.54) is 0 Å². The molecule has 0 saturated carbocycles. The molecule has 3 heteroatoms. The minimum absolute atomic E-state index is 0.0365. The Morgan fingerprint density at radius 1 is 0.818 bits per heavy atom. The van der Waals surface area contributed by atoms with E-state index in [9.17, 15) is 4.79 Å². The Morgan fingerprint density at radius 3 is 2.45 bits per heavy atom. The minimum atomic E-state index is 0.0365. The third-order valence-electron chi connectivity index (χ3n) is 3.76. The molecule has 3 aromatic carbocycles. The van der Waals surface area contributed by atoms with Gasteiger partial charge in [0.1, 0.15) is 0 Å². The van der Waals surface area contributed by atoms with Crippen molar-refractivity contribution in [2.45, 2.75) is 0 Å². The molecule has 0 saturated heterocycles. The van der Waals surface area contributed by atoms with E-state index in [0.29, 0.717) is 5.02 Å². The van der Waals surface area contributed by atoms with Crippen LogP contribution in [0.2, 0.25) is 5.02 Å². The van der Waals surface area contributed by atoms with Crippen molar-refractivity contribution in [3.8, 4) is 10.4 Å². The van der Waals surface area contributed by atoms with Crippen LogP contribution in [0, 0.1) is 0 Å². The maximum atomic E-state index is 12.5. The van der Waals surface area contributed by atoms with Gasteiger partial charge in [0.2, 0.25) is 0 Å². The fourth-order valence-electron chi connectivity index (χ4n) is 2.68. The van der Waals surface area contributed by atoms with Crippen LogP contribution in [0.4, 0.5) is 0 Å². The average molecular weight is 323 g/mol. The van der Waals surface area contributed by atoms with E-state index in [0.717, 1.165) is 31.3 Å². The zero-order valence-corrected chi connectivity index (χ0v) is 13.1. The van der Waals surface area contributed by atoms with Crippen LogP contribution in [0.1, 0.15) is 0 Å². The summed E-state index contributed by atoms with van der Waals surface area (Å²) in [5, 5.41) is 3.68. The molecule has 0 atom stereocenters.